The van der Waals surface area contributed by atoms with E-state index in [2.05, 4.69) is 5.32 Å². The normalized spacial score (nSPS) is 17.1. The van der Waals surface area contributed by atoms with Crippen molar-refractivity contribution in [2.24, 2.45) is 0 Å². The van der Waals surface area contributed by atoms with E-state index in [1.165, 1.54) is 0 Å². The molecule has 2 atom stereocenters. The van der Waals surface area contributed by atoms with Crippen LogP contribution < -0.4 is 10.1 Å². The zero-order valence-electron chi connectivity index (χ0n) is 16.1. The molecule has 1 N–H and O–H groups in total. The summed E-state index contributed by atoms with van der Waals surface area (Å²) in [7, 11) is 0. The Kier molecular flexibility index (Phi) is 6.01. The molecule has 1 amide bonds. The van der Waals surface area contributed by atoms with Gasteiger partial charge in [-0.05, 0) is 50.5 Å². The fourth-order valence-corrected chi connectivity index (χ4v) is 2.74. The molecule has 1 fully saturated rings. The molecule has 2 aromatic carbocycles. The predicted octanol–water partition coefficient (Wildman–Crippen LogP) is 4.10. The minimum absolute atomic E-state index is 0.0477. The highest BCUT2D eigenvalue weighted by Crippen LogP contribution is 2.21. The lowest BCUT2D eigenvalue weighted by molar-refractivity contribution is 0.0495. The summed E-state index contributed by atoms with van der Waals surface area (Å²) in [6.45, 7) is 6.76. The molecule has 1 aliphatic heterocycles. The molecular formula is C22H27NO4. The number of epoxide rings is 1. The van der Waals surface area contributed by atoms with Gasteiger partial charge in [0.1, 0.15) is 24.1 Å². The van der Waals surface area contributed by atoms with Crippen LogP contribution in [0.25, 0.3) is 0 Å². The smallest absolute Gasteiger partial charge is 0.407 e. The lowest BCUT2D eigenvalue weighted by Gasteiger charge is -2.23. The average Bonchev–Trinajstić information content (AvgIpc) is 3.45. The number of ether oxygens (including phenoxy) is 3. The third-order valence-electron chi connectivity index (χ3n) is 4.14. The molecule has 0 radical (unpaired) electrons. The van der Waals surface area contributed by atoms with E-state index >= 15 is 0 Å². The fraction of sp³-hybridized carbons (Fsp3) is 0.409. The maximum Gasteiger partial charge on any atom is 0.407 e. The van der Waals surface area contributed by atoms with Gasteiger partial charge in [-0.1, -0.05) is 42.5 Å². The van der Waals surface area contributed by atoms with Crippen LogP contribution in [0, 0.1) is 0 Å². The summed E-state index contributed by atoms with van der Waals surface area (Å²) < 4.78 is 16.6. The minimum Gasteiger partial charge on any atom is -0.489 e. The maximum absolute atomic E-state index is 12.1. The van der Waals surface area contributed by atoms with E-state index < -0.39 is 11.7 Å². The summed E-state index contributed by atoms with van der Waals surface area (Å²) >= 11 is 0. The maximum atomic E-state index is 12.1. The number of hydrogen-bond donors (Lipinski definition) is 1. The first-order valence-electron chi connectivity index (χ1n) is 9.26. The van der Waals surface area contributed by atoms with Gasteiger partial charge in [-0.25, -0.2) is 4.79 Å². The Morgan fingerprint density at radius 1 is 1.11 bits per heavy atom. The highest BCUT2D eigenvalue weighted by atomic mass is 16.6. The van der Waals surface area contributed by atoms with Gasteiger partial charge in [0.2, 0.25) is 0 Å². The monoisotopic (exact) mass is 369 g/mol. The molecule has 0 aromatic heterocycles. The van der Waals surface area contributed by atoms with Gasteiger partial charge in [0, 0.05) is 0 Å². The highest BCUT2D eigenvalue weighted by molar-refractivity contribution is 5.68. The number of hydrogen-bond acceptors (Lipinski definition) is 4. The quantitative estimate of drug-likeness (QED) is 0.747. The molecule has 144 valence electrons. The molecule has 0 aliphatic carbocycles. The van der Waals surface area contributed by atoms with Crippen LogP contribution in [0.15, 0.2) is 54.6 Å². The summed E-state index contributed by atoms with van der Waals surface area (Å²) in [6, 6.07) is 17.9. The average molecular weight is 369 g/mol. The summed E-state index contributed by atoms with van der Waals surface area (Å²) in [6.07, 6.45) is 0.320. The standard InChI is InChI=1S/C22H27NO4/c1-22(2,3)27-21(24)23-19(20-15-26-20)13-16-9-11-18(12-10-16)25-14-17-7-5-4-6-8-17/h4-12,19-20H,13-15H2,1-3H3,(H,23,24)/t19-,20-/m0/s1. The predicted molar refractivity (Wildman–Crippen MR) is 104 cm³/mol. The van der Waals surface area contributed by atoms with E-state index in [4.69, 9.17) is 14.2 Å². The summed E-state index contributed by atoms with van der Waals surface area (Å²) in [5.74, 6) is 0.821. The highest BCUT2D eigenvalue weighted by Gasteiger charge is 2.34. The second-order valence-electron chi connectivity index (χ2n) is 7.75. The first-order valence-corrected chi connectivity index (χ1v) is 9.26. The van der Waals surface area contributed by atoms with Crippen molar-refractivity contribution in [3.8, 4) is 5.75 Å². The Labute approximate surface area is 160 Å². The van der Waals surface area contributed by atoms with Crippen LogP contribution in [0.3, 0.4) is 0 Å². The molecule has 3 rings (SSSR count). The second kappa shape index (κ2) is 8.44. The van der Waals surface area contributed by atoms with Crippen LogP contribution in [0.5, 0.6) is 5.75 Å². The van der Waals surface area contributed by atoms with Gasteiger partial charge < -0.3 is 19.5 Å². The van der Waals surface area contributed by atoms with Gasteiger partial charge in [0.15, 0.2) is 0 Å². The van der Waals surface area contributed by atoms with Crippen molar-refractivity contribution < 1.29 is 19.0 Å². The van der Waals surface area contributed by atoms with E-state index in [1.54, 1.807) is 0 Å². The van der Waals surface area contributed by atoms with Crippen LogP contribution in [-0.2, 0) is 22.5 Å². The van der Waals surface area contributed by atoms with E-state index in [-0.39, 0.29) is 12.1 Å². The number of carbonyl (C=O) groups excluding carboxylic acids is 1. The lowest BCUT2D eigenvalue weighted by Crippen LogP contribution is -2.43. The molecule has 1 heterocycles. The first kappa shape index (κ1) is 19.2. The van der Waals surface area contributed by atoms with Crippen molar-refractivity contribution in [3.63, 3.8) is 0 Å². The zero-order valence-corrected chi connectivity index (χ0v) is 16.1. The van der Waals surface area contributed by atoms with Crippen molar-refractivity contribution >= 4 is 6.09 Å². The molecule has 0 spiro atoms. The third kappa shape index (κ3) is 6.61. The lowest BCUT2D eigenvalue weighted by atomic mass is 10.0. The van der Waals surface area contributed by atoms with Crippen molar-refractivity contribution in [2.75, 3.05) is 6.61 Å². The molecule has 0 saturated carbocycles. The number of nitrogens with one attached hydrogen (secondary N) is 1. The molecule has 0 bridgehead atoms. The molecule has 0 unspecified atom stereocenters. The van der Waals surface area contributed by atoms with Crippen LogP contribution in [0.2, 0.25) is 0 Å². The van der Waals surface area contributed by atoms with Gasteiger partial charge in [-0.2, -0.15) is 0 Å². The van der Waals surface area contributed by atoms with E-state index in [0.29, 0.717) is 19.6 Å². The Bertz CT molecular complexity index is 733. The number of benzene rings is 2. The van der Waals surface area contributed by atoms with Crippen LogP contribution >= 0.6 is 0 Å². The van der Waals surface area contributed by atoms with Gasteiger partial charge in [-0.3, -0.25) is 0 Å². The summed E-state index contributed by atoms with van der Waals surface area (Å²) in [5.41, 5.74) is 1.73. The molecule has 5 nitrogen and oxygen atoms in total. The Morgan fingerprint density at radius 2 is 1.78 bits per heavy atom. The SMILES string of the molecule is CC(C)(C)OC(=O)N[C@@H](Cc1ccc(OCc2ccccc2)cc1)[C@@H]1CO1. The van der Waals surface area contributed by atoms with Crippen molar-refractivity contribution in [2.45, 2.75) is 51.5 Å². The van der Waals surface area contributed by atoms with Crippen molar-refractivity contribution in [3.05, 3.63) is 65.7 Å². The Balaban J connectivity index is 1.53. The van der Waals surface area contributed by atoms with E-state index in [9.17, 15) is 4.79 Å². The Hall–Kier alpha value is -2.53. The third-order valence-corrected chi connectivity index (χ3v) is 4.14. The number of alkyl carbamates (subject to hydrolysis) is 1. The molecule has 1 aliphatic rings. The van der Waals surface area contributed by atoms with Crippen molar-refractivity contribution in [1.29, 1.82) is 0 Å². The molecule has 27 heavy (non-hydrogen) atoms. The van der Waals surface area contributed by atoms with Gasteiger partial charge >= 0.3 is 6.09 Å². The number of carbonyl (C=O) groups is 1. The van der Waals surface area contributed by atoms with Gasteiger partial charge in [0.25, 0.3) is 0 Å². The zero-order chi connectivity index (χ0) is 19.3. The van der Waals surface area contributed by atoms with Gasteiger partial charge in [0.05, 0.1) is 12.6 Å². The largest absolute Gasteiger partial charge is 0.489 e. The van der Waals surface area contributed by atoms with Crippen molar-refractivity contribution in [1.82, 2.24) is 5.32 Å². The first-order chi connectivity index (χ1) is 12.9. The summed E-state index contributed by atoms with van der Waals surface area (Å²) in [5, 5.41) is 2.93. The van der Waals surface area contributed by atoms with Crippen LogP contribution in [0.1, 0.15) is 31.9 Å². The molecule has 5 heteroatoms. The topological polar surface area (TPSA) is 60.1 Å². The summed E-state index contributed by atoms with van der Waals surface area (Å²) in [4.78, 5) is 12.1. The fourth-order valence-electron chi connectivity index (χ4n) is 2.74. The second-order valence-corrected chi connectivity index (χ2v) is 7.75. The van der Waals surface area contributed by atoms with E-state index in [1.807, 2.05) is 75.4 Å². The Morgan fingerprint density at radius 3 is 2.37 bits per heavy atom. The number of amides is 1. The van der Waals surface area contributed by atoms with Crippen LogP contribution in [0.4, 0.5) is 4.79 Å². The minimum atomic E-state index is -0.517. The molecule has 2 aromatic rings. The molecular weight excluding hydrogens is 342 g/mol. The van der Waals surface area contributed by atoms with Crippen LogP contribution in [-0.4, -0.2) is 30.4 Å². The van der Waals surface area contributed by atoms with E-state index in [0.717, 1.165) is 16.9 Å². The van der Waals surface area contributed by atoms with Gasteiger partial charge in [-0.15, -0.1) is 0 Å². The molecule has 1 saturated heterocycles. The number of rotatable bonds is 7.